The Morgan fingerprint density at radius 2 is 1.26 bits per heavy atom. The van der Waals surface area contributed by atoms with E-state index in [0.29, 0.717) is 0 Å². The Kier molecular flexibility index (Phi) is 3.66. The van der Waals surface area contributed by atoms with Crippen LogP contribution in [0.1, 0.15) is 0 Å². The van der Waals surface area contributed by atoms with Gasteiger partial charge in [0, 0.05) is 31.2 Å². The number of thiophene rings is 1. The third-order valence-corrected chi connectivity index (χ3v) is 8.16. The summed E-state index contributed by atoms with van der Waals surface area (Å²) < 4.78 is 15.6. The zero-order valence-corrected chi connectivity index (χ0v) is 18.9. The van der Waals surface area contributed by atoms with Gasteiger partial charge in [0.2, 0.25) is 0 Å². The van der Waals surface area contributed by atoms with Gasteiger partial charge in [-0.25, -0.2) is 0 Å². The maximum Gasteiger partial charge on any atom is 0.260 e. The summed E-state index contributed by atoms with van der Waals surface area (Å²) >= 11 is 1.84. The van der Waals surface area contributed by atoms with Gasteiger partial charge in [0.1, 0.15) is 23.0 Å². The molecular formula is C30H17BO2S. The number of para-hydroxylation sites is 2. The lowest BCUT2D eigenvalue weighted by Gasteiger charge is -2.33. The van der Waals surface area contributed by atoms with Crippen molar-refractivity contribution in [3.63, 3.8) is 0 Å². The molecular weight excluding hydrogens is 435 g/mol. The van der Waals surface area contributed by atoms with Crippen LogP contribution in [0.5, 0.6) is 23.0 Å². The summed E-state index contributed by atoms with van der Waals surface area (Å²) in [6.45, 7) is 0.0907. The highest BCUT2D eigenvalue weighted by molar-refractivity contribution is 7.25. The first kappa shape index (κ1) is 18.4. The third kappa shape index (κ3) is 2.46. The molecule has 3 heterocycles. The molecule has 8 rings (SSSR count). The Morgan fingerprint density at radius 3 is 2.12 bits per heavy atom. The highest BCUT2D eigenvalue weighted by Crippen LogP contribution is 2.42. The molecule has 6 aromatic rings. The first-order valence-electron chi connectivity index (χ1n) is 11.5. The molecule has 1 aromatic heterocycles. The van der Waals surface area contributed by atoms with E-state index in [1.807, 2.05) is 23.5 Å². The van der Waals surface area contributed by atoms with Gasteiger partial charge < -0.3 is 9.47 Å². The first-order chi connectivity index (χ1) is 16.8. The monoisotopic (exact) mass is 452 g/mol. The average molecular weight is 452 g/mol. The molecule has 0 bridgehead atoms. The summed E-state index contributed by atoms with van der Waals surface area (Å²) in [6.07, 6.45) is 0. The van der Waals surface area contributed by atoms with Crippen molar-refractivity contribution in [3.8, 4) is 34.1 Å². The molecule has 0 aliphatic carbocycles. The molecule has 0 spiro atoms. The van der Waals surface area contributed by atoms with Crippen LogP contribution in [0.3, 0.4) is 0 Å². The van der Waals surface area contributed by atoms with Gasteiger partial charge in [-0.05, 0) is 52.9 Å². The molecule has 0 N–H and O–H groups in total. The van der Waals surface area contributed by atoms with E-state index in [2.05, 4.69) is 91.0 Å². The number of hydrogen-bond donors (Lipinski definition) is 0. The fourth-order valence-corrected chi connectivity index (χ4v) is 6.65. The van der Waals surface area contributed by atoms with Crippen molar-refractivity contribution < 1.29 is 9.47 Å². The van der Waals surface area contributed by atoms with Crippen LogP contribution >= 0.6 is 11.3 Å². The summed E-state index contributed by atoms with van der Waals surface area (Å²) in [7, 11) is 0. The highest BCUT2D eigenvalue weighted by atomic mass is 32.1. The first-order valence-corrected chi connectivity index (χ1v) is 12.3. The number of rotatable bonds is 1. The second-order valence-electron chi connectivity index (χ2n) is 8.88. The van der Waals surface area contributed by atoms with Crippen LogP contribution in [0, 0.1) is 0 Å². The van der Waals surface area contributed by atoms with Gasteiger partial charge in [0.25, 0.3) is 6.71 Å². The van der Waals surface area contributed by atoms with Gasteiger partial charge in [-0.3, -0.25) is 0 Å². The Morgan fingerprint density at radius 1 is 0.559 bits per heavy atom. The van der Waals surface area contributed by atoms with E-state index in [9.17, 15) is 0 Å². The van der Waals surface area contributed by atoms with Crippen LogP contribution in [-0.2, 0) is 0 Å². The van der Waals surface area contributed by atoms with Crippen LogP contribution in [-0.4, -0.2) is 6.71 Å². The van der Waals surface area contributed by atoms with E-state index in [-0.39, 0.29) is 6.71 Å². The van der Waals surface area contributed by atoms with Crippen LogP contribution in [0.2, 0.25) is 0 Å². The van der Waals surface area contributed by atoms with Gasteiger partial charge >= 0.3 is 0 Å². The average Bonchev–Trinajstić information content (AvgIpc) is 3.26. The Labute approximate surface area is 201 Å². The third-order valence-electron chi connectivity index (χ3n) is 7.03. The van der Waals surface area contributed by atoms with E-state index < -0.39 is 0 Å². The smallest absolute Gasteiger partial charge is 0.260 e. The quantitative estimate of drug-likeness (QED) is 0.267. The minimum Gasteiger partial charge on any atom is -0.458 e. The molecule has 0 atom stereocenters. The largest absolute Gasteiger partial charge is 0.458 e. The Hall–Kier alpha value is -4.02. The highest BCUT2D eigenvalue weighted by Gasteiger charge is 2.40. The molecule has 0 radical (unpaired) electrons. The molecule has 4 heteroatoms. The number of ether oxygens (including phenoxy) is 2. The molecule has 5 aromatic carbocycles. The predicted molar refractivity (Wildman–Crippen MR) is 142 cm³/mol. The molecule has 34 heavy (non-hydrogen) atoms. The van der Waals surface area contributed by atoms with Crippen molar-refractivity contribution in [1.29, 1.82) is 0 Å². The van der Waals surface area contributed by atoms with Crippen molar-refractivity contribution >= 4 is 54.6 Å². The molecule has 0 saturated heterocycles. The van der Waals surface area contributed by atoms with Crippen LogP contribution in [0.25, 0.3) is 31.3 Å². The SMILES string of the molecule is c1ccc2c(c1)Oc1ccc(-c3ccc4c(c3)sc3ccccc34)c3c1B2c1ccccc1O3. The molecule has 0 fully saturated rings. The van der Waals surface area contributed by atoms with Gasteiger partial charge in [0.15, 0.2) is 0 Å². The zero-order valence-electron chi connectivity index (χ0n) is 18.1. The summed E-state index contributed by atoms with van der Waals surface area (Å²) in [4.78, 5) is 0. The molecule has 158 valence electrons. The molecule has 0 unspecified atom stereocenters. The zero-order chi connectivity index (χ0) is 22.2. The van der Waals surface area contributed by atoms with Crippen molar-refractivity contribution in [2.24, 2.45) is 0 Å². The van der Waals surface area contributed by atoms with E-state index in [4.69, 9.17) is 9.47 Å². The van der Waals surface area contributed by atoms with Crippen molar-refractivity contribution in [3.05, 3.63) is 103 Å². The van der Waals surface area contributed by atoms with Crippen molar-refractivity contribution in [2.75, 3.05) is 0 Å². The van der Waals surface area contributed by atoms with Crippen molar-refractivity contribution in [1.82, 2.24) is 0 Å². The second-order valence-corrected chi connectivity index (χ2v) is 9.96. The van der Waals surface area contributed by atoms with E-state index in [0.717, 1.165) is 39.6 Å². The lowest BCUT2D eigenvalue weighted by atomic mass is 9.34. The number of hydrogen-bond acceptors (Lipinski definition) is 3. The topological polar surface area (TPSA) is 18.5 Å². The fourth-order valence-electron chi connectivity index (χ4n) is 5.51. The van der Waals surface area contributed by atoms with Crippen LogP contribution in [0.15, 0.2) is 103 Å². The fraction of sp³-hybridized carbons (Fsp3) is 0. The molecule has 2 aliphatic rings. The Bertz CT molecular complexity index is 1770. The van der Waals surface area contributed by atoms with Gasteiger partial charge in [-0.15, -0.1) is 11.3 Å². The van der Waals surface area contributed by atoms with Gasteiger partial charge in [0.05, 0.1) is 0 Å². The van der Waals surface area contributed by atoms with Gasteiger partial charge in [-0.2, -0.15) is 0 Å². The maximum atomic E-state index is 6.62. The number of benzene rings is 5. The lowest BCUT2D eigenvalue weighted by molar-refractivity contribution is 0.465. The van der Waals surface area contributed by atoms with Gasteiger partial charge in [-0.1, -0.05) is 66.7 Å². The molecule has 0 amide bonds. The van der Waals surface area contributed by atoms with E-state index in [1.54, 1.807) is 0 Å². The van der Waals surface area contributed by atoms with Crippen molar-refractivity contribution in [2.45, 2.75) is 0 Å². The standard InChI is InChI=1S/C30H17BO2S/c1-6-12-27-20(7-1)21-14-13-18(17-28(21)34-27)19-15-16-26-29-30(19)33-25-11-5-3-9-23(25)31(29)22-8-2-4-10-24(22)32-26/h1-17H. The summed E-state index contributed by atoms with van der Waals surface area (Å²) in [5, 5.41) is 2.62. The molecule has 2 nitrogen and oxygen atoms in total. The molecule has 2 aliphatic heterocycles. The maximum absolute atomic E-state index is 6.62. The minimum absolute atomic E-state index is 0.0907. The second kappa shape index (κ2) is 6.75. The van der Waals surface area contributed by atoms with Crippen LogP contribution < -0.4 is 25.9 Å². The number of fused-ring (bicyclic) bond motifs is 7. The summed E-state index contributed by atoms with van der Waals surface area (Å²) in [5.41, 5.74) is 5.74. The summed E-state index contributed by atoms with van der Waals surface area (Å²) in [5.74, 6) is 3.61. The predicted octanol–water partition coefficient (Wildman–Crippen LogP) is 6.45. The lowest BCUT2D eigenvalue weighted by Crippen LogP contribution is -2.57. The minimum atomic E-state index is 0.0907. The molecule has 0 saturated carbocycles. The van der Waals surface area contributed by atoms with Crippen LogP contribution in [0.4, 0.5) is 0 Å². The van der Waals surface area contributed by atoms with E-state index >= 15 is 0 Å². The Balaban J connectivity index is 1.38. The van der Waals surface area contributed by atoms with E-state index in [1.165, 1.54) is 31.1 Å². The normalized spacial score (nSPS) is 13.1. The summed E-state index contributed by atoms with van der Waals surface area (Å²) in [6, 6.07) is 36.3.